The number of hydrogen-bond acceptors (Lipinski definition) is 2. The van der Waals surface area contributed by atoms with Crippen LogP contribution < -0.4 is 10.6 Å². The highest BCUT2D eigenvalue weighted by atomic mass is 19.1. The normalized spacial score (nSPS) is 10.1. The van der Waals surface area contributed by atoms with Gasteiger partial charge >= 0.3 is 0 Å². The van der Waals surface area contributed by atoms with Crippen LogP contribution in [0, 0.1) is 12.7 Å². The zero-order valence-corrected chi connectivity index (χ0v) is 11.1. The molecule has 0 aliphatic carbocycles. The molecule has 0 saturated heterocycles. The molecule has 0 aliphatic rings. The first-order chi connectivity index (χ1) is 9.10. The molecule has 0 aromatic heterocycles. The molecule has 2 nitrogen and oxygen atoms in total. The molecule has 2 rings (SSSR count). The lowest BCUT2D eigenvalue weighted by molar-refractivity contribution is 0.628. The van der Waals surface area contributed by atoms with Gasteiger partial charge in [-0.05, 0) is 48.9 Å². The summed E-state index contributed by atoms with van der Waals surface area (Å²) in [4.78, 5) is 0. The molecule has 0 heterocycles. The molecule has 0 radical (unpaired) electrons. The highest BCUT2D eigenvalue weighted by Gasteiger charge is 2.04. The minimum absolute atomic E-state index is 0.246. The number of benzene rings is 2. The second-order valence-corrected chi connectivity index (χ2v) is 4.39. The van der Waals surface area contributed by atoms with Crippen LogP contribution in [0.25, 0.3) is 5.70 Å². The van der Waals surface area contributed by atoms with E-state index >= 15 is 0 Å². The minimum Gasteiger partial charge on any atom is -0.388 e. The third-order valence-corrected chi connectivity index (χ3v) is 2.99. The van der Waals surface area contributed by atoms with Gasteiger partial charge in [0.05, 0.1) is 0 Å². The maximum absolute atomic E-state index is 12.9. The Bertz CT molecular complexity index is 588. The quantitative estimate of drug-likeness (QED) is 0.854. The van der Waals surface area contributed by atoms with Crippen LogP contribution in [0.1, 0.15) is 11.1 Å². The van der Waals surface area contributed by atoms with Crippen molar-refractivity contribution in [3.05, 3.63) is 66.0 Å². The van der Waals surface area contributed by atoms with Crippen molar-refractivity contribution in [2.45, 2.75) is 6.92 Å². The Kier molecular flexibility index (Phi) is 3.85. The Morgan fingerprint density at radius 1 is 1.05 bits per heavy atom. The molecule has 19 heavy (non-hydrogen) atoms. The van der Waals surface area contributed by atoms with Crippen molar-refractivity contribution >= 4 is 17.1 Å². The van der Waals surface area contributed by atoms with E-state index in [1.54, 1.807) is 12.1 Å². The molecule has 0 saturated carbocycles. The van der Waals surface area contributed by atoms with Gasteiger partial charge in [-0.15, -0.1) is 0 Å². The van der Waals surface area contributed by atoms with E-state index in [-0.39, 0.29) is 5.82 Å². The fraction of sp³-hybridized carbons (Fsp3) is 0.125. The summed E-state index contributed by atoms with van der Waals surface area (Å²) in [5.74, 6) is -0.246. The molecule has 98 valence electrons. The van der Waals surface area contributed by atoms with Crippen LogP contribution in [-0.2, 0) is 0 Å². The molecule has 0 amide bonds. The lowest BCUT2D eigenvalue weighted by Gasteiger charge is -2.13. The fourth-order valence-electron chi connectivity index (χ4n) is 1.88. The maximum Gasteiger partial charge on any atom is 0.123 e. The van der Waals surface area contributed by atoms with Crippen LogP contribution >= 0.6 is 0 Å². The van der Waals surface area contributed by atoms with E-state index in [1.807, 2.05) is 32.2 Å². The molecule has 0 bridgehead atoms. The van der Waals surface area contributed by atoms with Crippen LogP contribution in [0.15, 0.2) is 49.0 Å². The zero-order valence-electron chi connectivity index (χ0n) is 11.1. The Morgan fingerprint density at radius 3 is 2.32 bits per heavy atom. The van der Waals surface area contributed by atoms with E-state index in [1.165, 1.54) is 12.1 Å². The summed E-state index contributed by atoms with van der Waals surface area (Å²) in [5.41, 5.74) is 4.82. The topological polar surface area (TPSA) is 24.1 Å². The molecule has 2 aromatic rings. The van der Waals surface area contributed by atoms with Gasteiger partial charge in [-0.2, -0.15) is 0 Å². The summed E-state index contributed by atoms with van der Waals surface area (Å²) in [7, 11) is 1.88. The van der Waals surface area contributed by atoms with Gasteiger partial charge in [0.2, 0.25) is 0 Å². The van der Waals surface area contributed by atoms with Gasteiger partial charge < -0.3 is 10.6 Å². The smallest absolute Gasteiger partial charge is 0.123 e. The second-order valence-electron chi connectivity index (χ2n) is 4.39. The first-order valence-electron chi connectivity index (χ1n) is 6.10. The largest absolute Gasteiger partial charge is 0.388 e. The number of hydrogen-bond donors (Lipinski definition) is 2. The van der Waals surface area contributed by atoms with Crippen LogP contribution in [0.3, 0.4) is 0 Å². The van der Waals surface area contributed by atoms with E-state index in [4.69, 9.17) is 0 Å². The number of anilines is 2. The number of aryl methyl sites for hydroxylation is 1. The Morgan fingerprint density at radius 2 is 1.68 bits per heavy atom. The first-order valence-corrected chi connectivity index (χ1v) is 6.10. The van der Waals surface area contributed by atoms with Gasteiger partial charge in [-0.3, -0.25) is 0 Å². The highest BCUT2D eigenvalue weighted by molar-refractivity contribution is 5.78. The Labute approximate surface area is 113 Å². The summed E-state index contributed by atoms with van der Waals surface area (Å²) in [5, 5.41) is 6.29. The molecule has 0 atom stereocenters. The predicted molar refractivity (Wildman–Crippen MR) is 79.8 cm³/mol. The molecule has 2 N–H and O–H groups in total. The molecule has 0 unspecified atom stereocenters. The maximum atomic E-state index is 12.9. The van der Waals surface area contributed by atoms with E-state index in [9.17, 15) is 4.39 Å². The first kappa shape index (κ1) is 13.1. The van der Waals surface area contributed by atoms with Gasteiger partial charge in [0, 0.05) is 29.7 Å². The lowest BCUT2D eigenvalue weighted by atomic mass is 10.1. The third kappa shape index (κ3) is 3.13. The summed E-state index contributed by atoms with van der Waals surface area (Å²) < 4.78 is 12.9. The molecule has 0 fully saturated rings. The van der Waals surface area contributed by atoms with Crippen molar-refractivity contribution in [1.82, 2.24) is 0 Å². The number of halogens is 1. The van der Waals surface area contributed by atoms with Crippen molar-refractivity contribution in [2.75, 3.05) is 17.7 Å². The van der Waals surface area contributed by atoms with Crippen molar-refractivity contribution in [2.24, 2.45) is 0 Å². The van der Waals surface area contributed by atoms with Crippen LogP contribution in [0.2, 0.25) is 0 Å². The van der Waals surface area contributed by atoms with Gasteiger partial charge in [0.15, 0.2) is 0 Å². The van der Waals surface area contributed by atoms with Crippen molar-refractivity contribution < 1.29 is 4.39 Å². The molecular weight excluding hydrogens is 239 g/mol. The Balaban J connectivity index is 2.22. The third-order valence-electron chi connectivity index (χ3n) is 2.99. The summed E-state index contributed by atoms with van der Waals surface area (Å²) >= 11 is 0. The second kappa shape index (κ2) is 5.57. The average molecular weight is 256 g/mol. The lowest BCUT2D eigenvalue weighted by Crippen LogP contribution is -2.00. The van der Waals surface area contributed by atoms with E-state index in [2.05, 4.69) is 17.2 Å². The number of rotatable bonds is 4. The van der Waals surface area contributed by atoms with E-state index in [0.717, 1.165) is 28.2 Å². The standard InChI is InChI=1S/C16H17FN2/c1-11-4-7-15(18-3)10-16(11)12(2)19-14-8-5-13(17)6-9-14/h4-10,18-19H,2H2,1,3H3. The molecule has 3 heteroatoms. The summed E-state index contributed by atoms with van der Waals surface area (Å²) in [6.45, 7) is 6.08. The van der Waals surface area contributed by atoms with Crippen LogP contribution in [0.5, 0.6) is 0 Å². The average Bonchev–Trinajstić information content (AvgIpc) is 2.42. The minimum atomic E-state index is -0.246. The van der Waals surface area contributed by atoms with E-state index < -0.39 is 0 Å². The Hall–Kier alpha value is -2.29. The molecule has 0 spiro atoms. The monoisotopic (exact) mass is 256 g/mol. The van der Waals surface area contributed by atoms with Gasteiger partial charge in [0.1, 0.15) is 5.82 Å². The number of nitrogens with one attached hydrogen (secondary N) is 2. The summed E-state index contributed by atoms with van der Waals surface area (Å²) in [6, 6.07) is 12.3. The van der Waals surface area contributed by atoms with Gasteiger partial charge in [-0.1, -0.05) is 12.6 Å². The van der Waals surface area contributed by atoms with Gasteiger partial charge in [0.25, 0.3) is 0 Å². The molecular formula is C16H17FN2. The molecule has 2 aromatic carbocycles. The predicted octanol–water partition coefficient (Wildman–Crippen LogP) is 4.26. The zero-order chi connectivity index (χ0) is 13.8. The van der Waals surface area contributed by atoms with Gasteiger partial charge in [-0.25, -0.2) is 4.39 Å². The molecule has 0 aliphatic heterocycles. The van der Waals surface area contributed by atoms with Crippen molar-refractivity contribution in [3.63, 3.8) is 0 Å². The van der Waals surface area contributed by atoms with E-state index in [0.29, 0.717) is 0 Å². The van der Waals surface area contributed by atoms with Crippen molar-refractivity contribution in [3.8, 4) is 0 Å². The van der Waals surface area contributed by atoms with Crippen LogP contribution in [-0.4, -0.2) is 7.05 Å². The van der Waals surface area contributed by atoms with Crippen molar-refractivity contribution in [1.29, 1.82) is 0 Å². The highest BCUT2D eigenvalue weighted by Crippen LogP contribution is 2.23. The SMILES string of the molecule is C=C(Nc1ccc(F)cc1)c1cc(NC)ccc1C. The van der Waals surface area contributed by atoms with Crippen LogP contribution in [0.4, 0.5) is 15.8 Å². The fourth-order valence-corrected chi connectivity index (χ4v) is 1.88. The summed E-state index contributed by atoms with van der Waals surface area (Å²) in [6.07, 6.45) is 0.